The molecule has 0 amide bonds. The van der Waals surface area contributed by atoms with Crippen molar-refractivity contribution < 1.29 is 28.7 Å². The highest BCUT2D eigenvalue weighted by Crippen LogP contribution is 2.25. The van der Waals surface area contributed by atoms with Crippen LogP contribution in [0, 0.1) is 0 Å². The maximum absolute atomic E-state index is 10.7. The van der Waals surface area contributed by atoms with E-state index >= 15 is 0 Å². The maximum Gasteiger partial charge on any atom is 0.411 e. The topological polar surface area (TPSA) is 71.1 Å². The number of carbonyl (C=O) groups is 2. The Morgan fingerprint density at radius 3 is 2.15 bits per heavy atom. The SMILES string of the molecule is CC(=O)OOC(Cl)(Cl)C(=O)OOCl. The molecule has 0 aromatic heterocycles. The Hall–Kier alpha value is -0.270. The van der Waals surface area contributed by atoms with Crippen LogP contribution in [0.1, 0.15) is 6.92 Å². The summed E-state index contributed by atoms with van der Waals surface area (Å²) in [6.45, 7) is 1.01. The molecule has 0 heterocycles. The lowest BCUT2D eigenvalue weighted by Gasteiger charge is -2.12. The first-order chi connectivity index (χ1) is 5.90. The van der Waals surface area contributed by atoms with Crippen LogP contribution in [0.2, 0.25) is 0 Å². The molecule has 0 aliphatic rings. The Morgan fingerprint density at radius 2 is 1.77 bits per heavy atom. The van der Waals surface area contributed by atoms with E-state index in [1.807, 2.05) is 0 Å². The first kappa shape index (κ1) is 12.7. The third-order valence-corrected chi connectivity index (χ3v) is 1.11. The number of hydrogen-bond donors (Lipinski definition) is 0. The van der Waals surface area contributed by atoms with Gasteiger partial charge in [-0.25, -0.2) is 9.59 Å². The van der Waals surface area contributed by atoms with Crippen LogP contribution in [0.4, 0.5) is 0 Å². The summed E-state index contributed by atoms with van der Waals surface area (Å²) in [6.07, 6.45) is 0. The van der Waals surface area contributed by atoms with Gasteiger partial charge in [-0.3, -0.25) is 9.78 Å². The summed E-state index contributed by atoms with van der Waals surface area (Å²) in [5.74, 6) is -2.25. The summed E-state index contributed by atoms with van der Waals surface area (Å²) in [5, 5.41) is 0. The number of hydrogen-bond acceptors (Lipinski definition) is 6. The Labute approximate surface area is 87.6 Å². The summed E-state index contributed by atoms with van der Waals surface area (Å²) in [5.41, 5.74) is 0. The zero-order chi connectivity index (χ0) is 10.5. The van der Waals surface area contributed by atoms with Crippen LogP contribution in [0.25, 0.3) is 0 Å². The van der Waals surface area contributed by atoms with Gasteiger partial charge in [0.2, 0.25) is 0 Å². The highest BCUT2D eigenvalue weighted by molar-refractivity contribution is 6.56. The first-order valence-electron chi connectivity index (χ1n) is 2.64. The summed E-state index contributed by atoms with van der Waals surface area (Å²) in [7, 11) is 0. The van der Waals surface area contributed by atoms with Crippen molar-refractivity contribution in [3.63, 3.8) is 0 Å². The van der Waals surface area contributed by atoms with Gasteiger partial charge in [-0.1, -0.05) is 27.6 Å². The van der Waals surface area contributed by atoms with Gasteiger partial charge in [0, 0.05) is 6.92 Å². The number of alkyl halides is 2. The molecule has 0 aromatic rings. The zero-order valence-corrected chi connectivity index (χ0v) is 8.35. The largest absolute Gasteiger partial charge is 0.411 e. The van der Waals surface area contributed by atoms with Crippen LogP contribution in [-0.2, 0) is 28.7 Å². The Kier molecular flexibility index (Phi) is 5.34. The van der Waals surface area contributed by atoms with Crippen LogP contribution in [-0.4, -0.2) is 16.5 Å². The molecule has 0 saturated carbocycles. The van der Waals surface area contributed by atoms with Gasteiger partial charge in [0.05, 0.1) is 0 Å². The number of carbonyl (C=O) groups excluding carboxylic acids is 2. The molecule has 0 fully saturated rings. The van der Waals surface area contributed by atoms with Crippen molar-refractivity contribution in [3.05, 3.63) is 0 Å². The summed E-state index contributed by atoms with van der Waals surface area (Å²) in [6, 6.07) is 0. The van der Waals surface area contributed by atoms with Gasteiger partial charge in [0.15, 0.2) is 0 Å². The molecule has 0 aliphatic heterocycles. The van der Waals surface area contributed by atoms with E-state index in [0.29, 0.717) is 0 Å². The highest BCUT2D eigenvalue weighted by atomic mass is 35.5. The van der Waals surface area contributed by atoms with Crippen LogP contribution >= 0.6 is 35.1 Å². The molecule has 0 rings (SSSR count). The highest BCUT2D eigenvalue weighted by Gasteiger charge is 2.41. The van der Waals surface area contributed by atoms with Gasteiger partial charge >= 0.3 is 16.5 Å². The molecular weight excluding hydrogens is 250 g/mol. The second kappa shape index (κ2) is 5.46. The molecule has 13 heavy (non-hydrogen) atoms. The minimum absolute atomic E-state index is 0.856. The molecule has 0 spiro atoms. The van der Waals surface area contributed by atoms with Crippen molar-refractivity contribution in [2.75, 3.05) is 0 Å². The van der Waals surface area contributed by atoms with Gasteiger partial charge in [0.25, 0.3) is 0 Å². The molecule has 0 bridgehead atoms. The molecule has 0 radical (unpaired) electrons. The van der Waals surface area contributed by atoms with Gasteiger partial charge in [-0.05, 0) is 0 Å². The standard InChI is InChI=1S/C4H3Cl3O6/c1-2(8)10-12-4(5,6)3(9)11-13-7/h1H3. The fourth-order valence-corrected chi connectivity index (χ4v) is 0.405. The minimum atomic E-state index is -2.53. The average molecular weight is 253 g/mol. The molecular formula is C4H3Cl3O6. The second-order valence-electron chi connectivity index (χ2n) is 1.61. The monoisotopic (exact) mass is 252 g/mol. The molecule has 9 heteroatoms. The van der Waals surface area contributed by atoms with E-state index < -0.39 is 16.5 Å². The van der Waals surface area contributed by atoms with Crippen molar-refractivity contribution in [1.29, 1.82) is 0 Å². The van der Waals surface area contributed by atoms with Gasteiger partial charge in [0.1, 0.15) is 11.9 Å². The van der Waals surface area contributed by atoms with Crippen LogP contribution in [0.5, 0.6) is 0 Å². The second-order valence-corrected chi connectivity index (χ2v) is 2.99. The number of halogens is 3. The molecule has 0 aliphatic carbocycles. The Morgan fingerprint density at radius 1 is 1.23 bits per heavy atom. The molecule has 0 N–H and O–H groups in total. The zero-order valence-electron chi connectivity index (χ0n) is 6.08. The predicted molar refractivity (Wildman–Crippen MR) is 40.3 cm³/mol. The molecule has 0 atom stereocenters. The lowest BCUT2D eigenvalue weighted by atomic mass is 10.7. The van der Waals surface area contributed by atoms with Crippen LogP contribution in [0.3, 0.4) is 0 Å². The van der Waals surface area contributed by atoms with Crippen molar-refractivity contribution in [2.24, 2.45) is 0 Å². The third-order valence-electron chi connectivity index (χ3n) is 0.609. The number of rotatable bonds is 4. The summed E-state index contributed by atoms with van der Waals surface area (Å²) >= 11 is 14.9. The maximum atomic E-state index is 10.7. The fourth-order valence-electron chi connectivity index (χ4n) is 0.222. The molecule has 6 nitrogen and oxygen atoms in total. The van der Waals surface area contributed by atoms with E-state index in [1.165, 1.54) is 0 Å². The third kappa shape index (κ3) is 5.12. The Bertz CT molecular complexity index is 204. The van der Waals surface area contributed by atoms with E-state index in [-0.39, 0.29) is 0 Å². The van der Waals surface area contributed by atoms with Gasteiger partial charge in [-0.2, -0.15) is 0 Å². The predicted octanol–water partition coefficient (Wildman–Crippen LogP) is 1.24. The first-order valence-corrected chi connectivity index (χ1v) is 3.70. The smallest absolute Gasteiger partial charge is 0.295 e. The molecule has 0 unspecified atom stereocenters. The van der Waals surface area contributed by atoms with Gasteiger partial charge in [-0.15, -0.1) is 4.89 Å². The minimum Gasteiger partial charge on any atom is -0.295 e. The fraction of sp³-hybridized carbons (Fsp3) is 0.500. The van der Waals surface area contributed by atoms with E-state index in [0.717, 1.165) is 6.92 Å². The summed E-state index contributed by atoms with van der Waals surface area (Å²) < 4.78 is 0.903. The molecule has 76 valence electrons. The average Bonchev–Trinajstić information content (AvgIpc) is 2.01. The van der Waals surface area contributed by atoms with Crippen LogP contribution < -0.4 is 0 Å². The van der Waals surface area contributed by atoms with E-state index in [9.17, 15) is 9.59 Å². The quantitative estimate of drug-likeness (QED) is 0.426. The van der Waals surface area contributed by atoms with E-state index in [2.05, 4.69) is 31.0 Å². The van der Waals surface area contributed by atoms with E-state index in [4.69, 9.17) is 23.2 Å². The summed E-state index contributed by atoms with van der Waals surface area (Å²) in [4.78, 5) is 32.4. The van der Waals surface area contributed by atoms with Crippen molar-refractivity contribution in [3.8, 4) is 0 Å². The van der Waals surface area contributed by atoms with Crippen molar-refractivity contribution >= 4 is 47.0 Å². The molecule has 0 aromatic carbocycles. The molecule has 0 saturated heterocycles. The normalized spacial score (nSPS) is 10.8. The lowest BCUT2D eigenvalue weighted by molar-refractivity contribution is -0.299. The lowest BCUT2D eigenvalue weighted by Crippen LogP contribution is -2.31. The van der Waals surface area contributed by atoms with E-state index in [1.54, 1.807) is 0 Å². The van der Waals surface area contributed by atoms with Crippen molar-refractivity contribution in [1.82, 2.24) is 0 Å². The Balaban J connectivity index is 4.05. The van der Waals surface area contributed by atoms with Gasteiger partial charge < -0.3 is 0 Å². The van der Waals surface area contributed by atoms with Crippen LogP contribution in [0.15, 0.2) is 0 Å². The van der Waals surface area contributed by atoms with Crippen molar-refractivity contribution in [2.45, 2.75) is 11.4 Å².